The van der Waals surface area contributed by atoms with Gasteiger partial charge in [0.05, 0.1) is 18.7 Å². The van der Waals surface area contributed by atoms with E-state index in [9.17, 15) is 4.79 Å². The van der Waals surface area contributed by atoms with Gasteiger partial charge in [0.2, 0.25) is 5.91 Å². The van der Waals surface area contributed by atoms with E-state index in [1.54, 1.807) is 49.6 Å². The maximum absolute atomic E-state index is 11.8. The van der Waals surface area contributed by atoms with Crippen LogP contribution in [0.3, 0.4) is 0 Å². The minimum atomic E-state index is -0.0685. The van der Waals surface area contributed by atoms with Crippen LogP contribution in [-0.2, 0) is 4.79 Å². The molecule has 0 aromatic heterocycles. The molecule has 0 unspecified atom stereocenters. The van der Waals surface area contributed by atoms with Crippen LogP contribution < -0.4 is 14.8 Å². The molecule has 0 aliphatic carbocycles. The van der Waals surface area contributed by atoms with Crippen LogP contribution in [0.2, 0.25) is 10.0 Å². The highest BCUT2D eigenvalue weighted by atomic mass is 35.5. The monoisotopic (exact) mass is 353 g/mol. The third kappa shape index (κ3) is 5.66. The Hall–Kier alpha value is -1.91. The van der Waals surface area contributed by atoms with Crippen molar-refractivity contribution in [2.75, 3.05) is 19.0 Å². The first-order chi connectivity index (χ1) is 11.1. The molecule has 1 amide bonds. The summed E-state index contributed by atoms with van der Waals surface area (Å²) in [5.41, 5.74) is 0.734. The topological polar surface area (TPSA) is 47.6 Å². The third-order valence-corrected chi connectivity index (χ3v) is 3.60. The number of nitrogens with one attached hydrogen (secondary N) is 1. The molecule has 0 fully saturated rings. The normalized spacial score (nSPS) is 10.2. The Morgan fingerprint density at radius 2 is 1.87 bits per heavy atom. The van der Waals surface area contributed by atoms with Gasteiger partial charge in [0.1, 0.15) is 11.5 Å². The lowest BCUT2D eigenvalue weighted by Gasteiger charge is -2.09. The molecule has 0 radical (unpaired) electrons. The number of ether oxygens (including phenoxy) is 2. The van der Waals surface area contributed by atoms with Crippen molar-refractivity contribution in [1.82, 2.24) is 0 Å². The van der Waals surface area contributed by atoms with Gasteiger partial charge in [-0.1, -0.05) is 23.2 Å². The summed E-state index contributed by atoms with van der Waals surface area (Å²) in [6, 6.07) is 12.2. The number of hydrogen-bond acceptors (Lipinski definition) is 3. The fraction of sp³-hybridized carbons (Fsp3) is 0.235. The zero-order chi connectivity index (χ0) is 16.7. The third-order valence-electron chi connectivity index (χ3n) is 3.07. The number of methoxy groups -OCH3 is 1. The van der Waals surface area contributed by atoms with E-state index in [0.717, 1.165) is 11.4 Å². The molecule has 2 aromatic rings. The fourth-order valence-electron chi connectivity index (χ4n) is 1.90. The lowest BCUT2D eigenvalue weighted by atomic mass is 10.2. The van der Waals surface area contributed by atoms with Gasteiger partial charge >= 0.3 is 0 Å². The Balaban J connectivity index is 1.72. The predicted octanol–water partition coefficient (Wildman–Crippen LogP) is 4.80. The second-order valence-electron chi connectivity index (χ2n) is 4.80. The summed E-state index contributed by atoms with van der Waals surface area (Å²) in [5.74, 6) is 1.24. The molecule has 0 saturated heterocycles. The van der Waals surface area contributed by atoms with Crippen molar-refractivity contribution in [3.63, 3.8) is 0 Å². The molecule has 0 aliphatic heterocycles. The Morgan fingerprint density at radius 1 is 1.13 bits per heavy atom. The highest BCUT2D eigenvalue weighted by molar-refractivity contribution is 6.35. The van der Waals surface area contributed by atoms with E-state index >= 15 is 0 Å². The lowest BCUT2D eigenvalue weighted by Crippen LogP contribution is -2.12. The molecule has 0 saturated carbocycles. The number of rotatable bonds is 7. The number of benzene rings is 2. The van der Waals surface area contributed by atoms with Gasteiger partial charge in [0, 0.05) is 17.1 Å². The summed E-state index contributed by atoms with van der Waals surface area (Å²) >= 11 is 11.8. The van der Waals surface area contributed by atoms with E-state index in [4.69, 9.17) is 32.7 Å². The van der Waals surface area contributed by atoms with Crippen LogP contribution in [-0.4, -0.2) is 19.6 Å². The highest BCUT2D eigenvalue weighted by Gasteiger charge is 2.05. The Morgan fingerprint density at radius 3 is 2.52 bits per heavy atom. The van der Waals surface area contributed by atoms with Crippen LogP contribution in [0.25, 0.3) is 0 Å². The van der Waals surface area contributed by atoms with E-state index in [1.807, 2.05) is 0 Å². The van der Waals surface area contributed by atoms with Crippen molar-refractivity contribution in [3.05, 3.63) is 52.5 Å². The number of carbonyl (C=O) groups is 1. The van der Waals surface area contributed by atoms with Crippen LogP contribution in [0.4, 0.5) is 5.69 Å². The largest absolute Gasteiger partial charge is 0.497 e. The Labute approximate surface area is 145 Å². The lowest BCUT2D eigenvalue weighted by molar-refractivity contribution is -0.116. The molecule has 6 heteroatoms. The number of carbonyl (C=O) groups excluding carboxylic acids is 1. The van der Waals surface area contributed by atoms with Gasteiger partial charge in [-0.3, -0.25) is 4.79 Å². The van der Waals surface area contributed by atoms with Gasteiger partial charge in [0.25, 0.3) is 0 Å². The smallest absolute Gasteiger partial charge is 0.224 e. The molecule has 2 rings (SSSR count). The predicted molar refractivity (Wildman–Crippen MR) is 92.8 cm³/mol. The Bertz CT molecular complexity index is 659. The molecule has 0 aliphatic rings. The summed E-state index contributed by atoms with van der Waals surface area (Å²) in [6.45, 7) is 0.400. The molecule has 1 N–H and O–H groups in total. The summed E-state index contributed by atoms with van der Waals surface area (Å²) in [7, 11) is 1.60. The second-order valence-corrected chi connectivity index (χ2v) is 5.65. The SMILES string of the molecule is COc1ccc(NC(=O)CCCOc2ccc(Cl)cc2Cl)cc1. The van der Waals surface area contributed by atoms with Crippen molar-refractivity contribution in [1.29, 1.82) is 0 Å². The van der Waals surface area contributed by atoms with E-state index in [-0.39, 0.29) is 5.91 Å². The molecule has 0 heterocycles. The maximum Gasteiger partial charge on any atom is 0.224 e. The van der Waals surface area contributed by atoms with Crippen molar-refractivity contribution in [2.24, 2.45) is 0 Å². The molecule has 122 valence electrons. The molecule has 0 spiro atoms. The maximum atomic E-state index is 11.8. The summed E-state index contributed by atoms with van der Waals surface area (Å²) < 4.78 is 10.6. The minimum Gasteiger partial charge on any atom is -0.497 e. The number of anilines is 1. The first kappa shape index (κ1) is 17.4. The number of halogens is 2. The van der Waals surface area contributed by atoms with Crippen LogP contribution in [0.1, 0.15) is 12.8 Å². The molecule has 0 atom stereocenters. The average Bonchev–Trinajstić information content (AvgIpc) is 2.54. The summed E-state index contributed by atoms with van der Waals surface area (Å²) in [4.78, 5) is 11.8. The molecule has 4 nitrogen and oxygen atoms in total. The van der Waals surface area contributed by atoms with E-state index in [1.165, 1.54) is 0 Å². The van der Waals surface area contributed by atoms with Crippen LogP contribution >= 0.6 is 23.2 Å². The van der Waals surface area contributed by atoms with Crippen LogP contribution in [0.5, 0.6) is 11.5 Å². The summed E-state index contributed by atoms with van der Waals surface area (Å²) in [6.07, 6.45) is 0.943. The first-order valence-electron chi connectivity index (χ1n) is 7.10. The van der Waals surface area contributed by atoms with E-state index < -0.39 is 0 Å². The number of amides is 1. The van der Waals surface area contributed by atoms with Gasteiger partial charge in [-0.15, -0.1) is 0 Å². The average molecular weight is 354 g/mol. The Kier molecular flexibility index (Phi) is 6.56. The van der Waals surface area contributed by atoms with Gasteiger partial charge in [0.15, 0.2) is 0 Å². The molecule has 2 aromatic carbocycles. The van der Waals surface area contributed by atoms with E-state index in [0.29, 0.717) is 35.2 Å². The van der Waals surface area contributed by atoms with Gasteiger partial charge < -0.3 is 14.8 Å². The quantitative estimate of drug-likeness (QED) is 0.727. The minimum absolute atomic E-state index is 0.0685. The van der Waals surface area contributed by atoms with Gasteiger partial charge in [-0.25, -0.2) is 0 Å². The van der Waals surface area contributed by atoms with Gasteiger partial charge in [-0.2, -0.15) is 0 Å². The van der Waals surface area contributed by atoms with Crippen molar-refractivity contribution in [2.45, 2.75) is 12.8 Å². The van der Waals surface area contributed by atoms with Gasteiger partial charge in [-0.05, 0) is 48.9 Å². The standard InChI is InChI=1S/C17H17Cl2NO3/c1-22-14-7-5-13(6-8-14)20-17(21)3-2-10-23-16-9-4-12(18)11-15(16)19/h4-9,11H,2-3,10H2,1H3,(H,20,21). The first-order valence-corrected chi connectivity index (χ1v) is 7.86. The van der Waals surface area contributed by atoms with Crippen molar-refractivity contribution >= 4 is 34.8 Å². The van der Waals surface area contributed by atoms with Crippen LogP contribution in [0.15, 0.2) is 42.5 Å². The van der Waals surface area contributed by atoms with E-state index in [2.05, 4.69) is 5.32 Å². The molecule has 0 bridgehead atoms. The zero-order valence-corrected chi connectivity index (χ0v) is 14.2. The second kappa shape index (κ2) is 8.65. The fourth-order valence-corrected chi connectivity index (χ4v) is 2.37. The summed E-state index contributed by atoms with van der Waals surface area (Å²) in [5, 5.41) is 3.83. The number of hydrogen-bond donors (Lipinski definition) is 1. The molecular formula is C17H17Cl2NO3. The molecular weight excluding hydrogens is 337 g/mol. The van der Waals surface area contributed by atoms with Crippen LogP contribution in [0, 0.1) is 0 Å². The molecule has 23 heavy (non-hydrogen) atoms. The van der Waals surface area contributed by atoms with Crippen molar-refractivity contribution in [3.8, 4) is 11.5 Å². The van der Waals surface area contributed by atoms with Crippen molar-refractivity contribution < 1.29 is 14.3 Å². The zero-order valence-electron chi connectivity index (χ0n) is 12.6. The highest BCUT2D eigenvalue weighted by Crippen LogP contribution is 2.27.